The molecule has 0 bridgehead atoms. The van der Waals surface area contributed by atoms with Gasteiger partial charge in [0.05, 0.1) is 13.2 Å². The van der Waals surface area contributed by atoms with Crippen molar-refractivity contribution in [3.63, 3.8) is 0 Å². The maximum Gasteiger partial charge on any atom is 0.317 e. The van der Waals surface area contributed by atoms with Gasteiger partial charge in [-0.1, -0.05) is 0 Å². The summed E-state index contributed by atoms with van der Waals surface area (Å²) in [6, 6.07) is -0.0687. The lowest BCUT2D eigenvalue weighted by Gasteiger charge is -2.40. The van der Waals surface area contributed by atoms with E-state index in [2.05, 4.69) is 25.3 Å². The molecule has 2 aromatic heterocycles. The molecule has 4 rings (SSSR count). The minimum Gasteiger partial charge on any atom is -0.472 e. The number of urea groups is 1. The number of hydrogen-bond donors (Lipinski definition) is 2. The zero-order chi connectivity index (χ0) is 23.5. The molecule has 0 radical (unpaired) electrons. The SMILES string of the molecule is CC(C)NC(=O)N(C)C1CC(Oc2nc(N3CCOCC3)nc(-c3cnc(N)nc3)c2F)C1. The zero-order valence-corrected chi connectivity index (χ0v) is 19.0. The Bertz CT molecular complexity index is 978. The summed E-state index contributed by atoms with van der Waals surface area (Å²) in [4.78, 5) is 32.5. The van der Waals surface area contributed by atoms with Crippen molar-refractivity contribution in [3.05, 3.63) is 18.2 Å². The van der Waals surface area contributed by atoms with Gasteiger partial charge < -0.3 is 30.3 Å². The van der Waals surface area contributed by atoms with Gasteiger partial charge in [-0.25, -0.2) is 19.7 Å². The molecule has 33 heavy (non-hydrogen) atoms. The van der Waals surface area contributed by atoms with Crippen LogP contribution in [0.5, 0.6) is 5.88 Å². The molecule has 1 saturated heterocycles. The molecule has 12 heteroatoms. The monoisotopic (exact) mass is 460 g/mol. The van der Waals surface area contributed by atoms with Gasteiger partial charge in [-0.3, -0.25) is 0 Å². The van der Waals surface area contributed by atoms with Crippen LogP contribution in [0.4, 0.5) is 21.1 Å². The van der Waals surface area contributed by atoms with Crippen LogP contribution in [0.2, 0.25) is 0 Å². The second-order valence-corrected chi connectivity index (χ2v) is 8.50. The van der Waals surface area contributed by atoms with Gasteiger partial charge in [0, 0.05) is 63.0 Å². The van der Waals surface area contributed by atoms with Gasteiger partial charge in [-0.15, -0.1) is 0 Å². The topological polar surface area (TPSA) is 132 Å². The van der Waals surface area contributed by atoms with E-state index in [9.17, 15) is 4.79 Å². The lowest BCUT2D eigenvalue weighted by atomic mass is 9.88. The van der Waals surface area contributed by atoms with Crippen LogP contribution in [0.15, 0.2) is 12.4 Å². The van der Waals surface area contributed by atoms with Crippen molar-refractivity contribution >= 4 is 17.9 Å². The normalized spacial score (nSPS) is 20.3. The molecule has 11 nitrogen and oxygen atoms in total. The number of morpholine rings is 1. The molecule has 2 aliphatic rings. The van der Waals surface area contributed by atoms with E-state index in [-0.39, 0.29) is 41.7 Å². The van der Waals surface area contributed by atoms with Crippen molar-refractivity contribution in [1.82, 2.24) is 30.2 Å². The van der Waals surface area contributed by atoms with Crippen molar-refractivity contribution < 1.29 is 18.7 Å². The first kappa shape index (κ1) is 22.9. The highest BCUT2D eigenvalue weighted by molar-refractivity contribution is 5.74. The summed E-state index contributed by atoms with van der Waals surface area (Å²) in [6.07, 6.45) is 3.74. The van der Waals surface area contributed by atoms with Gasteiger partial charge >= 0.3 is 6.03 Å². The number of nitrogens with two attached hydrogens (primary N) is 1. The Morgan fingerprint density at radius 1 is 1.27 bits per heavy atom. The standard InChI is InChI=1S/C21H29FN8O3/c1-12(2)26-21(31)29(3)14-8-15(9-14)33-18-16(22)17(13-10-24-19(23)25-11-13)27-20(28-18)30-4-6-32-7-5-30/h10-12,14-15H,4-9H2,1-3H3,(H,26,31)(H2,23,24,25). The number of anilines is 2. The van der Waals surface area contributed by atoms with E-state index >= 15 is 4.39 Å². The largest absolute Gasteiger partial charge is 0.472 e. The molecular weight excluding hydrogens is 431 g/mol. The number of carbonyl (C=O) groups excluding carboxylic acids is 1. The van der Waals surface area contributed by atoms with Crippen LogP contribution in [-0.4, -0.2) is 82.4 Å². The average Bonchev–Trinajstić information content (AvgIpc) is 2.77. The molecule has 0 unspecified atom stereocenters. The summed E-state index contributed by atoms with van der Waals surface area (Å²) < 4.78 is 26.7. The number of hydrogen-bond acceptors (Lipinski definition) is 9. The fourth-order valence-corrected chi connectivity index (χ4v) is 3.67. The Balaban J connectivity index is 1.53. The Morgan fingerprint density at radius 3 is 2.58 bits per heavy atom. The number of nitrogen functional groups attached to an aromatic ring is 1. The number of halogens is 1. The number of rotatable bonds is 6. The maximum atomic E-state index is 15.4. The third kappa shape index (κ3) is 5.21. The summed E-state index contributed by atoms with van der Waals surface area (Å²) in [7, 11) is 1.75. The van der Waals surface area contributed by atoms with Crippen LogP contribution < -0.4 is 20.7 Å². The van der Waals surface area contributed by atoms with E-state index < -0.39 is 5.82 Å². The summed E-state index contributed by atoms with van der Waals surface area (Å²) in [5.41, 5.74) is 5.99. The Labute approximate surface area is 191 Å². The van der Waals surface area contributed by atoms with E-state index in [0.29, 0.717) is 50.7 Å². The first-order valence-electron chi connectivity index (χ1n) is 11.0. The predicted molar refractivity (Wildman–Crippen MR) is 119 cm³/mol. The van der Waals surface area contributed by atoms with Crippen molar-refractivity contribution in [2.75, 3.05) is 44.0 Å². The van der Waals surface area contributed by atoms with Gasteiger partial charge in [0.25, 0.3) is 5.88 Å². The molecule has 3 heterocycles. The first-order chi connectivity index (χ1) is 15.8. The van der Waals surface area contributed by atoms with E-state index in [4.69, 9.17) is 15.2 Å². The summed E-state index contributed by atoms with van der Waals surface area (Å²) in [5, 5.41) is 2.87. The summed E-state index contributed by atoms with van der Waals surface area (Å²) in [5.74, 6) is -0.374. The fourth-order valence-electron chi connectivity index (χ4n) is 3.67. The highest BCUT2D eigenvalue weighted by atomic mass is 19.1. The van der Waals surface area contributed by atoms with Crippen LogP contribution in [-0.2, 0) is 4.74 Å². The van der Waals surface area contributed by atoms with Crippen molar-refractivity contribution in [3.8, 4) is 17.1 Å². The lowest BCUT2D eigenvalue weighted by molar-refractivity contribution is 0.0374. The highest BCUT2D eigenvalue weighted by Crippen LogP contribution is 2.33. The number of carbonyl (C=O) groups is 1. The molecule has 3 N–H and O–H groups in total. The summed E-state index contributed by atoms with van der Waals surface area (Å²) in [6.45, 7) is 6.06. The molecule has 1 saturated carbocycles. The van der Waals surface area contributed by atoms with Crippen LogP contribution in [0.25, 0.3) is 11.3 Å². The minimum atomic E-state index is -0.685. The minimum absolute atomic E-state index is 0.0160. The molecule has 2 amide bonds. The maximum absolute atomic E-state index is 15.4. The number of nitrogens with one attached hydrogen (secondary N) is 1. The van der Waals surface area contributed by atoms with E-state index in [1.807, 2.05) is 18.7 Å². The van der Waals surface area contributed by atoms with Crippen LogP contribution in [0, 0.1) is 5.82 Å². The van der Waals surface area contributed by atoms with Gasteiger partial charge in [-0.05, 0) is 13.8 Å². The Kier molecular flexibility index (Phi) is 6.72. The van der Waals surface area contributed by atoms with Crippen LogP contribution >= 0.6 is 0 Å². The van der Waals surface area contributed by atoms with E-state index in [0.717, 1.165) is 0 Å². The molecule has 178 valence electrons. The van der Waals surface area contributed by atoms with Gasteiger partial charge in [0.15, 0.2) is 0 Å². The third-order valence-electron chi connectivity index (χ3n) is 5.68. The molecule has 2 fully saturated rings. The summed E-state index contributed by atoms with van der Waals surface area (Å²) >= 11 is 0. The van der Waals surface area contributed by atoms with Gasteiger partial charge in [0.1, 0.15) is 11.8 Å². The predicted octanol–water partition coefficient (Wildman–Crippen LogP) is 1.45. The van der Waals surface area contributed by atoms with Crippen LogP contribution in [0.1, 0.15) is 26.7 Å². The number of aromatic nitrogens is 4. The van der Waals surface area contributed by atoms with Crippen molar-refractivity contribution in [2.45, 2.75) is 44.9 Å². The molecule has 0 atom stereocenters. The van der Waals surface area contributed by atoms with E-state index in [1.54, 1.807) is 11.9 Å². The number of amides is 2. The second-order valence-electron chi connectivity index (χ2n) is 8.50. The smallest absolute Gasteiger partial charge is 0.317 e. The Hall–Kier alpha value is -3.28. The quantitative estimate of drug-likeness (QED) is 0.657. The lowest BCUT2D eigenvalue weighted by Crippen LogP contribution is -2.53. The van der Waals surface area contributed by atoms with Gasteiger partial charge in [0.2, 0.25) is 17.7 Å². The second kappa shape index (κ2) is 9.69. The van der Waals surface area contributed by atoms with Crippen molar-refractivity contribution in [1.29, 1.82) is 0 Å². The molecule has 1 aliphatic carbocycles. The fraction of sp³-hybridized carbons (Fsp3) is 0.571. The van der Waals surface area contributed by atoms with Crippen molar-refractivity contribution in [2.24, 2.45) is 0 Å². The molecule has 0 aromatic carbocycles. The van der Waals surface area contributed by atoms with Gasteiger partial charge in [-0.2, -0.15) is 9.37 Å². The number of nitrogens with zero attached hydrogens (tertiary/aromatic N) is 6. The zero-order valence-electron chi connectivity index (χ0n) is 19.0. The number of ether oxygens (including phenoxy) is 2. The third-order valence-corrected chi connectivity index (χ3v) is 5.68. The molecule has 0 spiro atoms. The highest BCUT2D eigenvalue weighted by Gasteiger charge is 2.37. The average molecular weight is 461 g/mol. The molecule has 1 aliphatic heterocycles. The molecule has 2 aromatic rings. The molecular formula is C21H29FN8O3. The van der Waals surface area contributed by atoms with E-state index in [1.165, 1.54) is 12.4 Å². The van der Waals surface area contributed by atoms with Crippen LogP contribution in [0.3, 0.4) is 0 Å². The Morgan fingerprint density at radius 2 is 1.94 bits per heavy atom. The first-order valence-corrected chi connectivity index (χ1v) is 11.0.